The summed E-state index contributed by atoms with van der Waals surface area (Å²) in [6.07, 6.45) is 9.12. The second-order valence-electron chi connectivity index (χ2n) is 6.83. The van der Waals surface area contributed by atoms with Gasteiger partial charge in [0.1, 0.15) is 0 Å². The Morgan fingerprint density at radius 3 is 2.56 bits per heavy atom. The van der Waals surface area contributed by atoms with Gasteiger partial charge in [0.05, 0.1) is 6.04 Å². The summed E-state index contributed by atoms with van der Waals surface area (Å²) in [6, 6.07) is 6.05. The molecule has 0 radical (unpaired) electrons. The number of anilines is 1. The number of pyridine rings is 2. The Morgan fingerprint density at radius 1 is 1.20 bits per heavy atom. The Morgan fingerprint density at radius 2 is 1.92 bits per heavy atom. The fraction of sp³-hybridized carbons (Fsp3) is 0.450. The molecule has 1 aliphatic rings. The van der Waals surface area contributed by atoms with Crippen molar-refractivity contribution in [3.8, 4) is 0 Å². The Kier molecular flexibility index (Phi) is 5.31. The number of nitrogens with zero attached hydrogens (tertiary/aromatic N) is 4. The second kappa shape index (κ2) is 7.64. The number of aromatic nitrogens is 2. The number of piperidine rings is 1. The summed E-state index contributed by atoms with van der Waals surface area (Å²) in [5, 5.41) is 0. The van der Waals surface area contributed by atoms with E-state index in [0.717, 1.165) is 31.5 Å². The van der Waals surface area contributed by atoms with Crippen molar-refractivity contribution < 1.29 is 4.79 Å². The van der Waals surface area contributed by atoms with Gasteiger partial charge in [-0.2, -0.15) is 0 Å². The first-order valence-electron chi connectivity index (χ1n) is 8.90. The van der Waals surface area contributed by atoms with Gasteiger partial charge in [0, 0.05) is 56.5 Å². The number of hydrogen-bond donors (Lipinski definition) is 0. The van der Waals surface area contributed by atoms with E-state index in [9.17, 15) is 4.79 Å². The minimum Gasteiger partial charge on any atom is -0.371 e. The largest absolute Gasteiger partial charge is 0.371 e. The van der Waals surface area contributed by atoms with Gasteiger partial charge in [-0.05, 0) is 49.9 Å². The molecule has 1 fully saturated rings. The van der Waals surface area contributed by atoms with Crippen LogP contribution in [0.3, 0.4) is 0 Å². The average molecular weight is 338 g/mol. The molecule has 0 aliphatic carbocycles. The van der Waals surface area contributed by atoms with Crippen molar-refractivity contribution in [3.05, 3.63) is 54.1 Å². The van der Waals surface area contributed by atoms with Crippen molar-refractivity contribution >= 4 is 11.6 Å². The molecule has 3 rings (SSSR count). The lowest BCUT2D eigenvalue weighted by atomic mass is 9.94. The minimum atomic E-state index is 0.0432. The maximum absolute atomic E-state index is 12.9. The highest BCUT2D eigenvalue weighted by Crippen LogP contribution is 2.28. The van der Waals surface area contributed by atoms with Gasteiger partial charge in [-0.3, -0.25) is 14.8 Å². The van der Waals surface area contributed by atoms with Crippen molar-refractivity contribution in [2.24, 2.45) is 5.92 Å². The van der Waals surface area contributed by atoms with Crippen LogP contribution in [0.5, 0.6) is 0 Å². The molecular weight excluding hydrogens is 312 g/mol. The van der Waals surface area contributed by atoms with Crippen LogP contribution >= 0.6 is 0 Å². The van der Waals surface area contributed by atoms with E-state index in [1.807, 2.05) is 42.7 Å². The topological polar surface area (TPSA) is 49.3 Å². The van der Waals surface area contributed by atoms with Gasteiger partial charge in [0.15, 0.2) is 0 Å². The number of rotatable bonds is 4. The lowest BCUT2D eigenvalue weighted by Crippen LogP contribution is -2.42. The summed E-state index contributed by atoms with van der Waals surface area (Å²) >= 11 is 0. The zero-order valence-electron chi connectivity index (χ0n) is 15.2. The van der Waals surface area contributed by atoms with Gasteiger partial charge in [0.25, 0.3) is 0 Å². The van der Waals surface area contributed by atoms with E-state index in [2.05, 4.69) is 34.8 Å². The van der Waals surface area contributed by atoms with Crippen molar-refractivity contribution in [2.75, 3.05) is 25.0 Å². The van der Waals surface area contributed by atoms with E-state index < -0.39 is 0 Å². The maximum atomic E-state index is 12.9. The van der Waals surface area contributed by atoms with Crippen molar-refractivity contribution in [2.45, 2.75) is 32.7 Å². The molecule has 5 heteroatoms. The lowest BCUT2D eigenvalue weighted by Gasteiger charge is -2.36. The molecular formula is C20H26N4O. The molecule has 3 heterocycles. The summed E-state index contributed by atoms with van der Waals surface area (Å²) in [5.74, 6) is 0.338. The van der Waals surface area contributed by atoms with Crippen molar-refractivity contribution in [1.82, 2.24) is 14.9 Å². The summed E-state index contributed by atoms with van der Waals surface area (Å²) in [7, 11) is 1.90. The van der Waals surface area contributed by atoms with Crippen LogP contribution in [0, 0.1) is 12.8 Å². The summed E-state index contributed by atoms with van der Waals surface area (Å²) < 4.78 is 0. The van der Waals surface area contributed by atoms with Gasteiger partial charge in [-0.1, -0.05) is 6.07 Å². The molecule has 1 atom stereocenters. The first-order chi connectivity index (χ1) is 12.1. The Bertz CT molecular complexity index is 711. The fourth-order valence-corrected chi connectivity index (χ4v) is 3.51. The van der Waals surface area contributed by atoms with Crippen LogP contribution in [0.15, 0.2) is 43.0 Å². The molecule has 1 aliphatic heterocycles. The highest BCUT2D eigenvalue weighted by Gasteiger charge is 2.29. The first-order valence-corrected chi connectivity index (χ1v) is 8.90. The van der Waals surface area contributed by atoms with Gasteiger partial charge in [-0.25, -0.2) is 0 Å². The summed E-state index contributed by atoms with van der Waals surface area (Å²) in [4.78, 5) is 25.5. The molecule has 0 spiro atoms. The molecule has 0 N–H and O–H groups in total. The smallest absolute Gasteiger partial charge is 0.226 e. The number of carbonyl (C=O) groups excluding carboxylic acids is 1. The van der Waals surface area contributed by atoms with Crippen LogP contribution in [0.25, 0.3) is 0 Å². The van der Waals surface area contributed by atoms with Gasteiger partial charge >= 0.3 is 0 Å². The van der Waals surface area contributed by atoms with Gasteiger partial charge < -0.3 is 9.80 Å². The average Bonchev–Trinajstić information content (AvgIpc) is 2.67. The first kappa shape index (κ1) is 17.4. The third-order valence-electron chi connectivity index (χ3n) is 5.27. The van der Waals surface area contributed by atoms with E-state index in [4.69, 9.17) is 0 Å². The molecule has 0 saturated carbocycles. The third kappa shape index (κ3) is 3.81. The summed E-state index contributed by atoms with van der Waals surface area (Å²) in [5.41, 5.74) is 3.50. The van der Waals surface area contributed by atoms with Gasteiger partial charge in [-0.15, -0.1) is 0 Å². The van der Waals surface area contributed by atoms with Crippen molar-refractivity contribution in [3.63, 3.8) is 0 Å². The zero-order chi connectivity index (χ0) is 17.8. The Labute approximate surface area is 149 Å². The predicted octanol–water partition coefficient (Wildman–Crippen LogP) is 3.22. The van der Waals surface area contributed by atoms with Crippen LogP contribution in [-0.4, -0.2) is 40.9 Å². The number of carbonyl (C=O) groups is 1. The van der Waals surface area contributed by atoms with E-state index in [-0.39, 0.29) is 17.9 Å². The minimum absolute atomic E-state index is 0.0432. The summed E-state index contributed by atoms with van der Waals surface area (Å²) in [6.45, 7) is 5.97. The molecule has 2 aromatic rings. The maximum Gasteiger partial charge on any atom is 0.226 e. The number of amides is 1. The highest BCUT2D eigenvalue weighted by atomic mass is 16.2. The van der Waals surface area contributed by atoms with Crippen LogP contribution < -0.4 is 4.90 Å². The van der Waals surface area contributed by atoms with Gasteiger partial charge in [0.2, 0.25) is 5.91 Å². The Balaban J connectivity index is 1.61. The van der Waals surface area contributed by atoms with E-state index >= 15 is 0 Å². The van der Waals surface area contributed by atoms with Crippen LogP contribution in [0.1, 0.15) is 36.9 Å². The van der Waals surface area contributed by atoms with E-state index in [0.29, 0.717) is 0 Å². The van der Waals surface area contributed by atoms with E-state index in [1.54, 1.807) is 6.20 Å². The molecule has 132 valence electrons. The predicted molar refractivity (Wildman–Crippen MR) is 99.3 cm³/mol. The molecule has 25 heavy (non-hydrogen) atoms. The fourth-order valence-electron chi connectivity index (χ4n) is 3.51. The van der Waals surface area contributed by atoms with E-state index in [1.165, 1.54) is 11.3 Å². The monoisotopic (exact) mass is 338 g/mol. The molecule has 0 bridgehead atoms. The lowest BCUT2D eigenvalue weighted by molar-refractivity contribution is -0.136. The van der Waals surface area contributed by atoms with Crippen LogP contribution in [0.4, 0.5) is 5.69 Å². The van der Waals surface area contributed by atoms with Crippen molar-refractivity contribution in [1.29, 1.82) is 0 Å². The Hall–Kier alpha value is -2.43. The third-order valence-corrected chi connectivity index (χ3v) is 5.27. The van der Waals surface area contributed by atoms with Crippen LogP contribution in [0.2, 0.25) is 0 Å². The molecule has 1 saturated heterocycles. The quantitative estimate of drug-likeness (QED) is 0.859. The molecule has 1 unspecified atom stereocenters. The molecule has 2 aromatic heterocycles. The SMILES string of the molecule is Cc1cnccc1N1CCC(C(=O)N(C)C(C)c2cccnc2)CC1. The van der Waals surface area contributed by atoms with Crippen LogP contribution in [-0.2, 0) is 4.79 Å². The highest BCUT2D eigenvalue weighted by molar-refractivity contribution is 5.79. The number of hydrogen-bond acceptors (Lipinski definition) is 4. The number of aryl methyl sites for hydroxylation is 1. The second-order valence-corrected chi connectivity index (χ2v) is 6.83. The normalized spacial score (nSPS) is 16.5. The zero-order valence-corrected chi connectivity index (χ0v) is 15.2. The molecule has 1 amide bonds. The molecule has 0 aromatic carbocycles. The standard InChI is InChI=1S/C20H26N4O/c1-15-13-22-10-6-19(15)24-11-7-17(8-12-24)20(25)23(3)16(2)18-5-4-9-21-14-18/h4-6,9-10,13-14,16-17H,7-8,11-12H2,1-3H3. The molecule has 5 nitrogen and oxygen atoms in total.